The molecule has 1 amide bonds. The van der Waals surface area contributed by atoms with Gasteiger partial charge in [0.2, 0.25) is 5.91 Å². The summed E-state index contributed by atoms with van der Waals surface area (Å²) < 4.78 is 5.53. The Morgan fingerprint density at radius 3 is 3.14 bits per heavy atom. The van der Waals surface area contributed by atoms with Crippen LogP contribution in [0.3, 0.4) is 0 Å². The van der Waals surface area contributed by atoms with Gasteiger partial charge < -0.3 is 14.7 Å². The van der Waals surface area contributed by atoms with Crippen molar-refractivity contribution in [2.24, 2.45) is 5.92 Å². The molecule has 0 aromatic heterocycles. The molecule has 0 spiro atoms. The lowest BCUT2D eigenvalue weighted by molar-refractivity contribution is -0.138. The number of carbonyl (C=O) groups excluding carboxylic acids is 1. The summed E-state index contributed by atoms with van der Waals surface area (Å²) in [6, 6.07) is 0.0745. The van der Waals surface area contributed by atoms with E-state index >= 15 is 0 Å². The number of amides is 1. The fraction of sp³-hybridized carbons (Fsp3) is 0.900. The van der Waals surface area contributed by atoms with Crippen LogP contribution in [-0.4, -0.2) is 47.3 Å². The van der Waals surface area contributed by atoms with Gasteiger partial charge >= 0.3 is 0 Å². The zero-order chi connectivity index (χ0) is 9.71. The van der Waals surface area contributed by atoms with Gasteiger partial charge in [0.15, 0.2) is 0 Å². The van der Waals surface area contributed by atoms with Crippen LogP contribution in [0, 0.1) is 5.92 Å². The van der Waals surface area contributed by atoms with Gasteiger partial charge in [0, 0.05) is 25.5 Å². The molecular formula is C10H15NO3. The molecule has 3 aliphatic heterocycles. The van der Waals surface area contributed by atoms with Crippen LogP contribution in [0.5, 0.6) is 0 Å². The van der Waals surface area contributed by atoms with Gasteiger partial charge in [0.25, 0.3) is 0 Å². The van der Waals surface area contributed by atoms with Crippen molar-refractivity contribution < 1.29 is 14.6 Å². The fourth-order valence-corrected chi connectivity index (χ4v) is 3.07. The second-order valence-electron chi connectivity index (χ2n) is 4.50. The minimum absolute atomic E-state index is 0.0745. The van der Waals surface area contributed by atoms with E-state index in [1.54, 1.807) is 0 Å². The summed E-state index contributed by atoms with van der Waals surface area (Å²) in [7, 11) is 0. The largest absolute Gasteiger partial charge is 0.391 e. The lowest BCUT2D eigenvalue weighted by atomic mass is 9.85. The Hall–Kier alpha value is -0.610. The number of ether oxygens (including phenoxy) is 1. The fourth-order valence-electron chi connectivity index (χ4n) is 3.07. The highest BCUT2D eigenvalue weighted by Crippen LogP contribution is 2.37. The predicted octanol–water partition coefficient (Wildman–Crippen LogP) is -0.243. The molecule has 0 bridgehead atoms. The molecule has 1 N–H and O–H groups in total. The number of rotatable bonds is 0. The monoisotopic (exact) mass is 197 g/mol. The third kappa shape index (κ3) is 1.04. The van der Waals surface area contributed by atoms with E-state index in [1.807, 2.05) is 4.90 Å². The van der Waals surface area contributed by atoms with Crippen LogP contribution in [0.2, 0.25) is 0 Å². The lowest BCUT2D eigenvalue weighted by Crippen LogP contribution is -2.55. The predicted molar refractivity (Wildman–Crippen MR) is 48.6 cm³/mol. The number of hydrogen-bond donors (Lipinski definition) is 1. The second kappa shape index (κ2) is 2.94. The molecule has 0 aromatic rings. The Morgan fingerprint density at radius 2 is 2.29 bits per heavy atom. The van der Waals surface area contributed by atoms with E-state index in [9.17, 15) is 9.90 Å². The quantitative estimate of drug-likeness (QED) is 0.583. The first-order valence-corrected chi connectivity index (χ1v) is 5.36. The van der Waals surface area contributed by atoms with Gasteiger partial charge in [-0.05, 0) is 12.8 Å². The van der Waals surface area contributed by atoms with Crippen LogP contribution in [0.25, 0.3) is 0 Å². The number of hydrogen-bond acceptors (Lipinski definition) is 3. The van der Waals surface area contributed by atoms with E-state index in [0.717, 1.165) is 19.4 Å². The Bertz CT molecular complexity index is 268. The molecular weight excluding hydrogens is 182 g/mol. The van der Waals surface area contributed by atoms with E-state index in [1.165, 1.54) is 0 Å². The number of aliphatic hydroxyl groups excluding tert-OH is 1. The average molecular weight is 197 g/mol. The van der Waals surface area contributed by atoms with Crippen molar-refractivity contribution in [3.05, 3.63) is 0 Å². The standard InChI is InChI=1S/C10H15NO3/c12-9-2-1-7-10(13)6-3-4-14-8(6)5-11(7)9/h6-8,10,13H,1-5H2/t6-,7-,8-,10-/m0/s1. The highest BCUT2D eigenvalue weighted by Gasteiger charge is 2.49. The van der Waals surface area contributed by atoms with Gasteiger partial charge in [-0.1, -0.05) is 0 Å². The van der Waals surface area contributed by atoms with Crippen molar-refractivity contribution >= 4 is 5.91 Å². The molecule has 3 heterocycles. The summed E-state index contributed by atoms with van der Waals surface area (Å²) in [4.78, 5) is 13.3. The van der Waals surface area contributed by atoms with Crippen LogP contribution >= 0.6 is 0 Å². The molecule has 4 nitrogen and oxygen atoms in total. The molecule has 0 saturated carbocycles. The molecule has 0 unspecified atom stereocenters. The molecule has 4 heteroatoms. The first-order chi connectivity index (χ1) is 6.77. The highest BCUT2D eigenvalue weighted by atomic mass is 16.5. The summed E-state index contributed by atoms with van der Waals surface area (Å²) in [6.07, 6.45) is 2.10. The minimum Gasteiger partial charge on any atom is -0.391 e. The number of aliphatic hydroxyl groups is 1. The maximum atomic E-state index is 11.5. The zero-order valence-electron chi connectivity index (χ0n) is 8.06. The maximum absolute atomic E-state index is 11.5. The van der Waals surface area contributed by atoms with Crippen molar-refractivity contribution in [1.82, 2.24) is 4.90 Å². The normalized spacial score (nSPS) is 46.6. The Balaban J connectivity index is 1.86. The van der Waals surface area contributed by atoms with Crippen LogP contribution in [0.4, 0.5) is 0 Å². The maximum Gasteiger partial charge on any atom is 0.223 e. The molecule has 0 radical (unpaired) electrons. The van der Waals surface area contributed by atoms with Gasteiger partial charge in [-0.15, -0.1) is 0 Å². The molecule has 78 valence electrons. The third-order valence-corrected chi connectivity index (χ3v) is 3.84. The molecule has 4 atom stereocenters. The second-order valence-corrected chi connectivity index (χ2v) is 4.50. The van der Waals surface area contributed by atoms with Gasteiger partial charge in [-0.3, -0.25) is 4.79 Å². The first-order valence-electron chi connectivity index (χ1n) is 5.36. The van der Waals surface area contributed by atoms with E-state index in [0.29, 0.717) is 13.0 Å². The Morgan fingerprint density at radius 1 is 1.43 bits per heavy atom. The van der Waals surface area contributed by atoms with E-state index in [2.05, 4.69) is 0 Å². The van der Waals surface area contributed by atoms with Crippen LogP contribution in [0.1, 0.15) is 19.3 Å². The minimum atomic E-state index is -0.359. The molecule has 14 heavy (non-hydrogen) atoms. The summed E-state index contributed by atoms with van der Waals surface area (Å²) in [5, 5.41) is 10.1. The van der Waals surface area contributed by atoms with Crippen molar-refractivity contribution in [3.8, 4) is 0 Å². The zero-order valence-corrected chi connectivity index (χ0v) is 8.06. The van der Waals surface area contributed by atoms with E-state index in [4.69, 9.17) is 4.74 Å². The number of piperidine rings is 1. The topological polar surface area (TPSA) is 49.8 Å². The molecule has 0 aromatic carbocycles. The van der Waals surface area contributed by atoms with Gasteiger partial charge in [0.1, 0.15) is 0 Å². The smallest absolute Gasteiger partial charge is 0.223 e. The van der Waals surface area contributed by atoms with Crippen molar-refractivity contribution in [1.29, 1.82) is 0 Å². The lowest BCUT2D eigenvalue weighted by Gasteiger charge is -2.40. The van der Waals surface area contributed by atoms with Crippen LogP contribution in [0.15, 0.2) is 0 Å². The van der Waals surface area contributed by atoms with Crippen molar-refractivity contribution in [3.63, 3.8) is 0 Å². The van der Waals surface area contributed by atoms with Crippen molar-refractivity contribution in [2.45, 2.75) is 37.5 Å². The van der Waals surface area contributed by atoms with Gasteiger partial charge in [-0.2, -0.15) is 0 Å². The summed E-state index contributed by atoms with van der Waals surface area (Å²) in [5.74, 6) is 0.449. The molecule has 3 saturated heterocycles. The Kier molecular flexibility index (Phi) is 1.82. The number of fused-ring (bicyclic) bond motifs is 2. The third-order valence-electron chi connectivity index (χ3n) is 3.84. The van der Waals surface area contributed by atoms with Crippen LogP contribution in [-0.2, 0) is 9.53 Å². The molecule has 0 aliphatic carbocycles. The molecule has 3 rings (SSSR count). The Labute approximate surface area is 82.8 Å². The first kappa shape index (κ1) is 8.68. The summed E-state index contributed by atoms with van der Waals surface area (Å²) in [5.41, 5.74) is 0. The van der Waals surface area contributed by atoms with Gasteiger partial charge in [-0.25, -0.2) is 0 Å². The van der Waals surface area contributed by atoms with E-state index in [-0.39, 0.29) is 30.1 Å². The van der Waals surface area contributed by atoms with Gasteiger partial charge in [0.05, 0.1) is 18.2 Å². The van der Waals surface area contributed by atoms with Crippen LogP contribution < -0.4 is 0 Å². The SMILES string of the molecule is O=C1CC[C@H]2[C@@H](O)[C@H]3CCO[C@H]3CN12. The number of nitrogens with zero attached hydrogens (tertiary/aromatic N) is 1. The summed E-state index contributed by atoms with van der Waals surface area (Å²) >= 11 is 0. The summed E-state index contributed by atoms with van der Waals surface area (Å²) in [6.45, 7) is 1.44. The van der Waals surface area contributed by atoms with E-state index < -0.39 is 0 Å². The molecule has 3 aliphatic rings. The average Bonchev–Trinajstić information content (AvgIpc) is 2.75. The number of carbonyl (C=O) groups is 1. The van der Waals surface area contributed by atoms with Crippen molar-refractivity contribution in [2.75, 3.05) is 13.2 Å². The molecule has 3 fully saturated rings. The highest BCUT2D eigenvalue weighted by molar-refractivity contribution is 5.79.